The SMILES string of the molecule is CCCCNCC(C)(CC)C(C)NC(=O)c1cc(CC)on1. The average molecular weight is 309 g/mol. The number of aromatic nitrogens is 1. The number of carbonyl (C=O) groups is 1. The number of nitrogens with one attached hydrogen (secondary N) is 2. The lowest BCUT2D eigenvalue weighted by Crippen LogP contribution is -2.49. The maximum absolute atomic E-state index is 12.3. The van der Waals surface area contributed by atoms with Gasteiger partial charge in [0.1, 0.15) is 5.76 Å². The van der Waals surface area contributed by atoms with Crippen LogP contribution in [0.3, 0.4) is 0 Å². The van der Waals surface area contributed by atoms with Gasteiger partial charge in [-0.15, -0.1) is 0 Å². The molecule has 0 spiro atoms. The van der Waals surface area contributed by atoms with E-state index in [2.05, 4.69) is 43.5 Å². The van der Waals surface area contributed by atoms with Gasteiger partial charge in [0.05, 0.1) is 0 Å². The second-order valence-electron chi connectivity index (χ2n) is 6.27. The maximum atomic E-state index is 12.3. The van der Waals surface area contributed by atoms with E-state index in [1.807, 2.05) is 6.92 Å². The Morgan fingerprint density at radius 2 is 2.14 bits per heavy atom. The van der Waals surface area contributed by atoms with Crippen molar-refractivity contribution in [1.29, 1.82) is 0 Å². The van der Waals surface area contributed by atoms with Gasteiger partial charge in [-0.25, -0.2) is 0 Å². The van der Waals surface area contributed by atoms with Crippen LogP contribution in [0.1, 0.15) is 70.1 Å². The van der Waals surface area contributed by atoms with Crippen molar-refractivity contribution in [3.63, 3.8) is 0 Å². The number of amides is 1. The third-order valence-electron chi connectivity index (χ3n) is 4.58. The summed E-state index contributed by atoms with van der Waals surface area (Å²) in [5.41, 5.74) is 0.377. The first-order valence-electron chi connectivity index (χ1n) is 8.44. The molecular weight excluding hydrogens is 278 g/mol. The number of aryl methyl sites for hydroxylation is 1. The van der Waals surface area contributed by atoms with Crippen LogP contribution in [0.2, 0.25) is 0 Å². The highest BCUT2D eigenvalue weighted by molar-refractivity contribution is 5.92. The smallest absolute Gasteiger partial charge is 0.273 e. The lowest BCUT2D eigenvalue weighted by atomic mass is 9.80. The molecule has 0 saturated carbocycles. The first kappa shape index (κ1) is 18.7. The molecule has 0 bridgehead atoms. The summed E-state index contributed by atoms with van der Waals surface area (Å²) in [4.78, 5) is 12.3. The van der Waals surface area contributed by atoms with Gasteiger partial charge in [-0.2, -0.15) is 0 Å². The molecule has 5 heteroatoms. The number of unbranched alkanes of at least 4 members (excludes halogenated alkanes) is 1. The Balaban J connectivity index is 2.58. The molecule has 22 heavy (non-hydrogen) atoms. The molecule has 1 aromatic heterocycles. The minimum atomic E-state index is -0.163. The molecule has 0 saturated heterocycles. The monoisotopic (exact) mass is 309 g/mol. The number of hydrogen-bond donors (Lipinski definition) is 2. The molecule has 0 radical (unpaired) electrons. The van der Waals surface area contributed by atoms with Crippen molar-refractivity contribution >= 4 is 5.91 Å². The van der Waals surface area contributed by atoms with Crippen LogP contribution < -0.4 is 10.6 Å². The average Bonchev–Trinajstić information content (AvgIpc) is 3.00. The predicted molar refractivity (Wildman–Crippen MR) is 89.0 cm³/mol. The number of rotatable bonds is 10. The standard InChI is InChI=1S/C17H31N3O2/c1-6-9-10-18-12-17(5,8-3)13(4)19-16(21)15-11-14(7-2)22-20-15/h11,13,18H,6-10,12H2,1-5H3,(H,19,21). The summed E-state index contributed by atoms with van der Waals surface area (Å²) in [5.74, 6) is 0.571. The molecule has 1 amide bonds. The summed E-state index contributed by atoms with van der Waals surface area (Å²) in [7, 11) is 0. The Hall–Kier alpha value is -1.36. The molecular formula is C17H31N3O2. The van der Waals surface area contributed by atoms with Crippen molar-refractivity contribution in [3.8, 4) is 0 Å². The van der Waals surface area contributed by atoms with Crippen molar-refractivity contribution in [3.05, 3.63) is 17.5 Å². The van der Waals surface area contributed by atoms with E-state index in [1.165, 1.54) is 12.8 Å². The van der Waals surface area contributed by atoms with E-state index in [-0.39, 0.29) is 17.4 Å². The summed E-state index contributed by atoms with van der Waals surface area (Å²) in [6.07, 6.45) is 4.10. The summed E-state index contributed by atoms with van der Waals surface area (Å²) < 4.78 is 5.10. The maximum Gasteiger partial charge on any atom is 0.273 e. The molecule has 5 nitrogen and oxygen atoms in total. The summed E-state index contributed by atoms with van der Waals surface area (Å²) in [6.45, 7) is 12.5. The van der Waals surface area contributed by atoms with Crippen LogP contribution in [-0.4, -0.2) is 30.2 Å². The molecule has 0 aromatic carbocycles. The molecule has 1 aromatic rings. The van der Waals surface area contributed by atoms with E-state index in [0.29, 0.717) is 5.69 Å². The summed E-state index contributed by atoms with van der Waals surface area (Å²) >= 11 is 0. The van der Waals surface area contributed by atoms with E-state index in [0.717, 1.165) is 31.7 Å². The Labute approximate surface area is 134 Å². The van der Waals surface area contributed by atoms with Gasteiger partial charge < -0.3 is 15.2 Å². The predicted octanol–water partition coefficient (Wildman–Crippen LogP) is 3.16. The van der Waals surface area contributed by atoms with E-state index in [1.54, 1.807) is 6.07 Å². The van der Waals surface area contributed by atoms with E-state index in [4.69, 9.17) is 4.52 Å². The van der Waals surface area contributed by atoms with Crippen LogP contribution in [0.25, 0.3) is 0 Å². The molecule has 0 fully saturated rings. The Bertz CT molecular complexity index is 459. The largest absolute Gasteiger partial charge is 0.361 e. The number of hydrogen-bond acceptors (Lipinski definition) is 4. The van der Waals surface area contributed by atoms with Gasteiger partial charge in [0.2, 0.25) is 0 Å². The zero-order chi connectivity index (χ0) is 16.6. The fourth-order valence-electron chi connectivity index (χ4n) is 2.29. The van der Waals surface area contributed by atoms with Crippen molar-refractivity contribution in [2.24, 2.45) is 5.41 Å². The van der Waals surface area contributed by atoms with Gasteiger partial charge in [0.15, 0.2) is 5.69 Å². The van der Waals surface area contributed by atoms with Crippen LogP contribution in [-0.2, 0) is 6.42 Å². The molecule has 0 aliphatic rings. The minimum absolute atomic E-state index is 0.0146. The first-order chi connectivity index (χ1) is 10.5. The zero-order valence-electron chi connectivity index (χ0n) is 14.7. The lowest BCUT2D eigenvalue weighted by molar-refractivity contribution is 0.0882. The highest BCUT2D eigenvalue weighted by atomic mass is 16.5. The molecule has 0 aliphatic heterocycles. The molecule has 1 rings (SSSR count). The highest BCUT2D eigenvalue weighted by Gasteiger charge is 2.30. The molecule has 2 unspecified atom stereocenters. The second-order valence-corrected chi connectivity index (χ2v) is 6.27. The summed E-state index contributed by atoms with van der Waals surface area (Å²) in [5, 5.41) is 10.4. The van der Waals surface area contributed by atoms with Gasteiger partial charge in [-0.3, -0.25) is 4.79 Å². The highest BCUT2D eigenvalue weighted by Crippen LogP contribution is 2.25. The molecule has 2 atom stereocenters. The second kappa shape index (κ2) is 8.93. The van der Waals surface area contributed by atoms with Gasteiger partial charge in [0, 0.05) is 25.1 Å². The van der Waals surface area contributed by atoms with Gasteiger partial charge >= 0.3 is 0 Å². The fraction of sp³-hybridized carbons (Fsp3) is 0.765. The van der Waals surface area contributed by atoms with Gasteiger partial charge in [0.25, 0.3) is 5.91 Å². The molecule has 1 heterocycles. The molecule has 2 N–H and O–H groups in total. The van der Waals surface area contributed by atoms with Crippen LogP contribution in [0.5, 0.6) is 0 Å². The third-order valence-corrected chi connectivity index (χ3v) is 4.58. The van der Waals surface area contributed by atoms with Crippen LogP contribution in [0.4, 0.5) is 0 Å². The van der Waals surface area contributed by atoms with Gasteiger partial charge in [-0.1, -0.05) is 39.3 Å². The van der Waals surface area contributed by atoms with Gasteiger partial charge in [-0.05, 0) is 31.7 Å². The number of carbonyl (C=O) groups excluding carboxylic acids is 1. The molecule has 0 aliphatic carbocycles. The van der Waals surface area contributed by atoms with Crippen molar-refractivity contribution < 1.29 is 9.32 Å². The van der Waals surface area contributed by atoms with E-state index < -0.39 is 0 Å². The Kier molecular flexibility index (Phi) is 7.59. The van der Waals surface area contributed by atoms with Crippen LogP contribution >= 0.6 is 0 Å². The summed E-state index contributed by atoms with van der Waals surface area (Å²) in [6, 6.07) is 1.77. The fourth-order valence-corrected chi connectivity index (χ4v) is 2.29. The first-order valence-corrected chi connectivity index (χ1v) is 8.44. The van der Waals surface area contributed by atoms with Crippen molar-refractivity contribution in [2.75, 3.05) is 13.1 Å². The normalized spacial score (nSPS) is 15.3. The quantitative estimate of drug-likeness (QED) is 0.652. The Morgan fingerprint density at radius 3 is 2.68 bits per heavy atom. The van der Waals surface area contributed by atoms with Crippen molar-refractivity contribution in [1.82, 2.24) is 15.8 Å². The Morgan fingerprint density at radius 1 is 1.41 bits per heavy atom. The van der Waals surface area contributed by atoms with Crippen LogP contribution in [0.15, 0.2) is 10.6 Å². The van der Waals surface area contributed by atoms with E-state index in [9.17, 15) is 4.79 Å². The van der Waals surface area contributed by atoms with Crippen molar-refractivity contribution in [2.45, 2.75) is 66.3 Å². The van der Waals surface area contributed by atoms with E-state index >= 15 is 0 Å². The van der Waals surface area contributed by atoms with Crippen LogP contribution in [0, 0.1) is 5.41 Å². The lowest BCUT2D eigenvalue weighted by Gasteiger charge is -2.35. The molecule has 126 valence electrons. The third kappa shape index (κ3) is 5.13. The number of nitrogens with zero attached hydrogens (tertiary/aromatic N) is 1. The zero-order valence-corrected chi connectivity index (χ0v) is 14.7. The topological polar surface area (TPSA) is 67.2 Å². The minimum Gasteiger partial charge on any atom is -0.361 e.